The van der Waals surface area contributed by atoms with Crippen molar-refractivity contribution in [1.82, 2.24) is 0 Å². The average Bonchev–Trinajstić information content (AvgIpc) is 2.57. The Bertz CT molecular complexity index is 949. The van der Waals surface area contributed by atoms with Crippen LogP contribution in [0.5, 0.6) is 0 Å². The predicted octanol–water partition coefficient (Wildman–Crippen LogP) is 6.90. The zero-order valence-corrected chi connectivity index (χ0v) is 13.7. The van der Waals surface area contributed by atoms with Crippen molar-refractivity contribution in [1.29, 1.82) is 0 Å². The molecular weight excluding hydrogens is 354 g/mol. The molecule has 0 aliphatic heterocycles. The maximum atomic E-state index is 13.7. The highest BCUT2D eigenvalue weighted by atomic mass is 19.4. The van der Waals surface area contributed by atoms with Crippen LogP contribution in [0.25, 0.3) is 21.9 Å². The molecule has 0 radical (unpaired) electrons. The third-order valence-electron chi connectivity index (χ3n) is 4.20. The van der Waals surface area contributed by atoms with Gasteiger partial charge in [-0.3, -0.25) is 0 Å². The molecule has 3 aromatic rings. The van der Waals surface area contributed by atoms with E-state index in [0.29, 0.717) is 17.5 Å². The molecule has 0 nitrogen and oxygen atoms in total. The molecule has 0 bridgehead atoms. The van der Waals surface area contributed by atoms with Crippen molar-refractivity contribution < 1.29 is 26.3 Å². The van der Waals surface area contributed by atoms with Gasteiger partial charge in [-0.2, -0.15) is 13.2 Å². The van der Waals surface area contributed by atoms with Crippen molar-refractivity contribution in [3.05, 3.63) is 71.0 Å². The Balaban J connectivity index is 2.31. The van der Waals surface area contributed by atoms with Gasteiger partial charge in [0.2, 0.25) is 0 Å². The first-order valence-electron chi connectivity index (χ1n) is 8.00. The number of hydrogen-bond acceptors (Lipinski definition) is 0. The number of fused-ring (bicyclic) bond motifs is 1. The van der Waals surface area contributed by atoms with Gasteiger partial charge in [-0.15, -0.1) is 0 Å². The summed E-state index contributed by atoms with van der Waals surface area (Å²) in [6, 6.07) is 8.41. The molecule has 136 valence electrons. The summed E-state index contributed by atoms with van der Waals surface area (Å²) in [5, 5.41) is 0.315. The van der Waals surface area contributed by atoms with Gasteiger partial charge in [-0.25, -0.2) is 13.2 Å². The lowest BCUT2D eigenvalue weighted by Crippen LogP contribution is -2.09. The van der Waals surface area contributed by atoms with E-state index in [1.807, 2.05) is 6.92 Å². The number of aryl methyl sites for hydroxylation is 1. The second-order valence-corrected chi connectivity index (χ2v) is 6.05. The van der Waals surface area contributed by atoms with Gasteiger partial charge in [0, 0.05) is 0 Å². The zero-order chi connectivity index (χ0) is 19.1. The molecule has 0 atom stereocenters. The third kappa shape index (κ3) is 3.28. The van der Waals surface area contributed by atoms with Crippen molar-refractivity contribution in [2.45, 2.75) is 25.9 Å². The van der Waals surface area contributed by atoms with Gasteiger partial charge in [0.1, 0.15) is 0 Å². The van der Waals surface area contributed by atoms with E-state index >= 15 is 0 Å². The second kappa shape index (κ2) is 6.67. The highest BCUT2D eigenvalue weighted by Gasteiger charge is 2.36. The number of rotatable bonds is 3. The van der Waals surface area contributed by atoms with Crippen LogP contribution in [-0.4, -0.2) is 0 Å². The Labute approximate surface area is 146 Å². The molecule has 0 fully saturated rings. The fraction of sp³-hybridized carbons (Fsp3) is 0.200. The Kier molecular flexibility index (Phi) is 4.69. The lowest BCUT2D eigenvalue weighted by Gasteiger charge is -2.17. The van der Waals surface area contributed by atoms with Crippen LogP contribution < -0.4 is 0 Å². The summed E-state index contributed by atoms with van der Waals surface area (Å²) in [5.41, 5.74) is -0.859. The number of alkyl halides is 3. The maximum absolute atomic E-state index is 13.7. The van der Waals surface area contributed by atoms with Crippen LogP contribution in [-0.2, 0) is 12.6 Å². The SMILES string of the molecule is CCCc1ccc2c(C(F)(F)F)c(-c3cc(F)c(F)c(F)c3)ccc2c1. The van der Waals surface area contributed by atoms with Gasteiger partial charge in [0.15, 0.2) is 17.5 Å². The van der Waals surface area contributed by atoms with Gasteiger partial charge in [0.25, 0.3) is 0 Å². The van der Waals surface area contributed by atoms with E-state index in [4.69, 9.17) is 0 Å². The quantitative estimate of drug-likeness (QED) is 0.349. The molecule has 0 saturated heterocycles. The monoisotopic (exact) mass is 368 g/mol. The van der Waals surface area contributed by atoms with E-state index in [-0.39, 0.29) is 10.9 Å². The summed E-state index contributed by atoms with van der Waals surface area (Å²) in [7, 11) is 0. The van der Waals surface area contributed by atoms with E-state index < -0.39 is 34.8 Å². The van der Waals surface area contributed by atoms with Gasteiger partial charge >= 0.3 is 6.18 Å². The molecule has 0 amide bonds. The van der Waals surface area contributed by atoms with Crippen LogP contribution >= 0.6 is 0 Å². The molecule has 0 aliphatic rings. The number of halogens is 6. The lowest BCUT2D eigenvalue weighted by molar-refractivity contribution is -0.135. The van der Waals surface area contributed by atoms with E-state index in [1.165, 1.54) is 12.1 Å². The van der Waals surface area contributed by atoms with Crippen molar-refractivity contribution >= 4 is 10.8 Å². The topological polar surface area (TPSA) is 0 Å². The van der Waals surface area contributed by atoms with Crippen molar-refractivity contribution in [2.24, 2.45) is 0 Å². The van der Waals surface area contributed by atoms with Gasteiger partial charge in [0.05, 0.1) is 5.56 Å². The van der Waals surface area contributed by atoms with Crippen molar-refractivity contribution in [2.75, 3.05) is 0 Å². The molecule has 0 unspecified atom stereocenters. The molecule has 3 rings (SSSR count). The minimum atomic E-state index is -4.75. The first-order valence-corrected chi connectivity index (χ1v) is 8.00. The van der Waals surface area contributed by atoms with Crippen LogP contribution in [0.4, 0.5) is 26.3 Å². The van der Waals surface area contributed by atoms with Crippen LogP contribution in [0.3, 0.4) is 0 Å². The summed E-state index contributed by atoms with van der Waals surface area (Å²) in [5.74, 6) is -4.79. The number of benzene rings is 3. The molecule has 0 spiro atoms. The minimum Gasteiger partial charge on any atom is -0.204 e. The molecule has 0 aromatic heterocycles. The minimum absolute atomic E-state index is 0.0694. The highest BCUT2D eigenvalue weighted by Crippen LogP contribution is 2.42. The van der Waals surface area contributed by atoms with Gasteiger partial charge in [-0.1, -0.05) is 43.7 Å². The fourth-order valence-corrected chi connectivity index (χ4v) is 3.08. The van der Waals surface area contributed by atoms with Crippen LogP contribution in [0.2, 0.25) is 0 Å². The Morgan fingerprint density at radius 3 is 2.08 bits per heavy atom. The molecule has 0 N–H and O–H groups in total. The van der Waals surface area contributed by atoms with Crippen LogP contribution in [0.15, 0.2) is 42.5 Å². The summed E-state index contributed by atoms with van der Waals surface area (Å²) in [4.78, 5) is 0. The molecule has 0 heterocycles. The molecule has 26 heavy (non-hydrogen) atoms. The maximum Gasteiger partial charge on any atom is 0.417 e. The number of hydrogen-bond donors (Lipinski definition) is 0. The zero-order valence-electron chi connectivity index (χ0n) is 13.7. The summed E-state index contributed by atoms with van der Waals surface area (Å²) in [6.07, 6.45) is -3.17. The first kappa shape index (κ1) is 18.3. The molecule has 0 aliphatic carbocycles. The highest BCUT2D eigenvalue weighted by molar-refractivity contribution is 5.93. The van der Waals surface area contributed by atoms with E-state index in [1.54, 1.807) is 12.1 Å². The summed E-state index contributed by atoms with van der Waals surface area (Å²) in [6.45, 7) is 1.96. The smallest absolute Gasteiger partial charge is 0.204 e. The van der Waals surface area contributed by atoms with E-state index in [9.17, 15) is 26.3 Å². The lowest BCUT2D eigenvalue weighted by atomic mass is 9.92. The third-order valence-corrected chi connectivity index (χ3v) is 4.20. The standard InChI is InChI=1S/C20H14F6/c1-2-3-11-4-6-14-12(8-11)5-7-15(18(14)20(24,25)26)13-9-16(21)19(23)17(22)10-13/h4-10H,2-3H2,1H3. The summed E-state index contributed by atoms with van der Waals surface area (Å²) >= 11 is 0. The Morgan fingerprint density at radius 1 is 0.846 bits per heavy atom. The molecular formula is C20H14F6. The average molecular weight is 368 g/mol. The Hall–Kier alpha value is -2.50. The molecule has 0 saturated carbocycles. The van der Waals surface area contributed by atoms with Crippen molar-refractivity contribution in [3.8, 4) is 11.1 Å². The predicted molar refractivity (Wildman–Crippen MR) is 88.3 cm³/mol. The molecule has 3 aromatic carbocycles. The van der Waals surface area contributed by atoms with Crippen molar-refractivity contribution in [3.63, 3.8) is 0 Å². The molecule has 6 heteroatoms. The largest absolute Gasteiger partial charge is 0.417 e. The van der Waals surface area contributed by atoms with Gasteiger partial charge in [-0.05, 0) is 46.0 Å². The van der Waals surface area contributed by atoms with E-state index in [2.05, 4.69) is 0 Å². The Morgan fingerprint density at radius 2 is 1.50 bits per heavy atom. The van der Waals surface area contributed by atoms with Crippen LogP contribution in [0.1, 0.15) is 24.5 Å². The van der Waals surface area contributed by atoms with Gasteiger partial charge < -0.3 is 0 Å². The normalized spacial score (nSPS) is 12.0. The second-order valence-electron chi connectivity index (χ2n) is 6.05. The first-order chi connectivity index (χ1) is 12.2. The van der Waals surface area contributed by atoms with E-state index in [0.717, 1.165) is 24.5 Å². The van der Waals surface area contributed by atoms with Crippen LogP contribution in [0, 0.1) is 17.5 Å². The fourth-order valence-electron chi connectivity index (χ4n) is 3.08. The summed E-state index contributed by atoms with van der Waals surface area (Å²) < 4.78 is 81.4.